The van der Waals surface area contributed by atoms with Gasteiger partial charge >= 0.3 is 0 Å². The molecule has 8 nitrogen and oxygen atoms in total. The molecular weight excluding hydrogens is 437 g/mol. The minimum Gasteiger partial charge on any atom is -0.484 e. The molecule has 1 heterocycles. The van der Waals surface area contributed by atoms with Crippen molar-refractivity contribution in [1.29, 1.82) is 0 Å². The largest absolute Gasteiger partial charge is 0.484 e. The van der Waals surface area contributed by atoms with Crippen molar-refractivity contribution >= 4 is 21.6 Å². The number of carbonyl (C=O) groups excluding carboxylic acids is 1. The Hall–Kier alpha value is -2.69. The van der Waals surface area contributed by atoms with Gasteiger partial charge in [-0.1, -0.05) is 18.2 Å². The highest BCUT2D eigenvalue weighted by Crippen LogP contribution is 2.24. The summed E-state index contributed by atoms with van der Waals surface area (Å²) in [4.78, 5) is 14.2. The second kappa shape index (κ2) is 11.3. The minimum atomic E-state index is -3.64. The van der Waals surface area contributed by atoms with Crippen molar-refractivity contribution < 1.29 is 27.1 Å². The second-order valence-corrected chi connectivity index (χ2v) is 9.35. The van der Waals surface area contributed by atoms with Gasteiger partial charge < -0.3 is 14.8 Å². The van der Waals surface area contributed by atoms with Crippen LogP contribution in [-0.2, 0) is 26.1 Å². The maximum absolute atomic E-state index is 14.0. The van der Waals surface area contributed by atoms with Crippen LogP contribution in [0.3, 0.4) is 0 Å². The third-order valence-electron chi connectivity index (χ3n) is 5.02. The average Bonchev–Trinajstić information content (AvgIpc) is 2.77. The Morgan fingerprint density at radius 1 is 1.16 bits per heavy atom. The van der Waals surface area contributed by atoms with Crippen LogP contribution in [-0.4, -0.2) is 71.5 Å². The molecule has 0 saturated carbocycles. The number of carbonyl (C=O) groups is 1. The second-order valence-electron chi connectivity index (χ2n) is 7.45. The molecule has 1 amide bonds. The van der Waals surface area contributed by atoms with Crippen LogP contribution in [0, 0.1) is 5.82 Å². The van der Waals surface area contributed by atoms with Crippen LogP contribution < -0.4 is 14.4 Å². The molecule has 2 aromatic rings. The highest BCUT2D eigenvalue weighted by Gasteiger charge is 2.19. The SMILES string of the molecule is CS(=O)(=O)N(Cc1ccccc1F)c1ccc(OCC(=O)NCCN2CCOCC2)cc1. The van der Waals surface area contributed by atoms with Gasteiger partial charge in [0.05, 0.1) is 31.7 Å². The Morgan fingerprint density at radius 3 is 2.50 bits per heavy atom. The number of amides is 1. The summed E-state index contributed by atoms with van der Waals surface area (Å²) < 4.78 is 50.4. The standard InChI is InChI=1S/C22H28FN3O5S/c1-32(28,29)26(16-18-4-2-3-5-21(18)23)19-6-8-20(9-7-19)31-17-22(27)24-10-11-25-12-14-30-15-13-25/h2-9H,10-17H2,1H3,(H,24,27). The Morgan fingerprint density at radius 2 is 1.84 bits per heavy atom. The molecule has 1 aliphatic rings. The van der Waals surface area contributed by atoms with Crippen LogP contribution in [0.2, 0.25) is 0 Å². The van der Waals surface area contributed by atoms with E-state index in [0.29, 0.717) is 31.2 Å². The lowest BCUT2D eigenvalue weighted by atomic mass is 10.2. The summed E-state index contributed by atoms with van der Waals surface area (Å²) in [5.74, 6) is -0.281. The summed E-state index contributed by atoms with van der Waals surface area (Å²) >= 11 is 0. The van der Waals surface area contributed by atoms with Crippen molar-refractivity contribution in [3.8, 4) is 5.75 Å². The maximum Gasteiger partial charge on any atom is 0.257 e. The zero-order valence-corrected chi connectivity index (χ0v) is 18.8. The van der Waals surface area contributed by atoms with E-state index in [0.717, 1.165) is 30.2 Å². The molecule has 0 bridgehead atoms. The predicted molar refractivity (Wildman–Crippen MR) is 120 cm³/mol. The van der Waals surface area contributed by atoms with Crippen LogP contribution in [0.5, 0.6) is 5.75 Å². The number of benzene rings is 2. The van der Waals surface area contributed by atoms with E-state index in [-0.39, 0.29) is 24.6 Å². The van der Waals surface area contributed by atoms with Gasteiger partial charge in [-0.15, -0.1) is 0 Å². The lowest BCUT2D eigenvalue weighted by molar-refractivity contribution is -0.123. The summed E-state index contributed by atoms with van der Waals surface area (Å²) in [6.07, 6.45) is 1.07. The first kappa shape index (κ1) is 24.0. The Kier molecular flexibility index (Phi) is 8.43. The number of hydrogen-bond donors (Lipinski definition) is 1. The molecule has 2 aromatic carbocycles. The van der Waals surface area contributed by atoms with Crippen molar-refractivity contribution in [2.75, 3.05) is 56.6 Å². The number of hydrogen-bond acceptors (Lipinski definition) is 6. The molecule has 1 aliphatic heterocycles. The lowest BCUT2D eigenvalue weighted by Crippen LogP contribution is -2.42. The van der Waals surface area contributed by atoms with Crippen LogP contribution in [0.4, 0.5) is 10.1 Å². The summed E-state index contributed by atoms with van der Waals surface area (Å²) in [7, 11) is -3.64. The van der Waals surface area contributed by atoms with Gasteiger partial charge in [-0.05, 0) is 30.3 Å². The highest BCUT2D eigenvalue weighted by atomic mass is 32.2. The van der Waals surface area contributed by atoms with Crippen LogP contribution >= 0.6 is 0 Å². The molecule has 0 atom stereocenters. The summed E-state index contributed by atoms with van der Waals surface area (Å²) in [6.45, 7) is 4.16. The third-order valence-corrected chi connectivity index (χ3v) is 6.16. The molecule has 1 fully saturated rings. The van der Waals surface area contributed by atoms with Crippen molar-refractivity contribution in [2.45, 2.75) is 6.54 Å². The van der Waals surface area contributed by atoms with Crippen molar-refractivity contribution in [1.82, 2.24) is 10.2 Å². The van der Waals surface area contributed by atoms with E-state index in [1.807, 2.05) is 0 Å². The van der Waals surface area contributed by atoms with Crippen molar-refractivity contribution in [3.63, 3.8) is 0 Å². The fourth-order valence-electron chi connectivity index (χ4n) is 3.27. The van der Waals surface area contributed by atoms with Gasteiger partial charge in [0.15, 0.2) is 6.61 Å². The molecular formula is C22H28FN3O5S. The fourth-order valence-corrected chi connectivity index (χ4v) is 4.15. The van der Waals surface area contributed by atoms with Gasteiger partial charge in [-0.25, -0.2) is 12.8 Å². The van der Waals surface area contributed by atoms with Crippen LogP contribution in [0.15, 0.2) is 48.5 Å². The molecule has 0 unspecified atom stereocenters. The molecule has 1 saturated heterocycles. The fraction of sp³-hybridized carbons (Fsp3) is 0.409. The van der Waals surface area contributed by atoms with E-state index in [1.54, 1.807) is 42.5 Å². The van der Waals surface area contributed by atoms with Gasteiger partial charge in [0.2, 0.25) is 10.0 Å². The van der Waals surface area contributed by atoms with E-state index in [2.05, 4.69) is 10.2 Å². The smallest absolute Gasteiger partial charge is 0.257 e. The van der Waals surface area contributed by atoms with Gasteiger partial charge in [0.1, 0.15) is 11.6 Å². The predicted octanol–water partition coefficient (Wildman–Crippen LogP) is 1.62. The summed E-state index contributed by atoms with van der Waals surface area (Å²) in [5.41, 5.74) is 0.644. The first-order valence-electron chi connectivity index (χ1n) is 10.3. The number of nitrogens with one attached hydrogen (secondary N) is 1. The number of morpholine rings is 1. The van der Waals surface area contributed by atoms with Crippen molar-refractivity contribution in [2.24, 2.45) is 0 Å². The zero-order valence-electron chi connectivity index (χ0n) is 18.0. The van der Waals surface area contributed by atoms with Gasteiger partial charge in [-0.2, -0.15) is 0 Å². The molecule has 10 heteroatoms. The molecule has 174 valence electrons. The van der Waals surface area contributed by atoms with E-state index >= 15 is 0 Å². The molecule has 1 N–H and O–H groups in total. The quantitative estimate of drug-likeness (QED) is 0.574. The molecule has 0 radical (unpaired) electrons. The minimum absolute atomic E-state index is 0.128. The van der Waals surface area contributed by atoms with E-state index in [9.17, 15) is 17.6 Å². The summed E-state index contributed by atoms with van der Waals surface area (Å²) in [5, 5.41) is 2.81. The van der Waals surface area contributed by atoms with E-state index < -0.39 is 15.8 Å². The Bertz CT molecular complexity index is 995. The van der Waals surface area contributed by atoms with Crippen molar-refractivity contribution in [3.05, 3.63) is 59.9 Å². The maximum atomic E-state index is 14.0. The van der Waals surface area contributed by atoms with Gasteiger partial charge in [0.25, 0.3) is 5.91 Å². The molecule has 32 heavy (non-hydrogen) atoms. The molecule has 0 spiro atoms. The first-order chi connectivity index (χ1) is 15.3. The lowest BCUT2D eigenvalue weighted by Gasteiger charge is -2.26. The first-order valence-corrected chi connectivity index (χ1v) is 12.2. The van der Waals surface area contributed by atoms with E-state index in [1.165, 1.54) is 6.07 Å². The number of anilines is 1. The molecule has 0 aromatic heterocycles. The topological polar surface area (TPSA) is 88.2 Å². The number of rotatable bonds is 10. The number of sulfonamides is 1. The molecule has 0 aliphatic carbocycles. The van der Waals surface area contributed by atoms with Crippen LogP contribution in [0.25, 0.3) is 0 Å². The average molecular weight is 466 g/mol. The van der Waals surface area contributed by atoms with Gasteiger partial charge in [0, 0.05) is 31.7 Å². The Labute approximate surface area is 188 Å². The Balaban J connectivity index is 1.52. The third kappa shape index (κ3) is 7.18. The highest BCUT2D eigenvalue weighted by molar-refractivity contribution is 7.92. The number of nitrogens with zero attached hydrogens (tertiary/aromatic N) is 2. The number of ether oxygens (including phenoxy) is 2. The summed E-state index contributed by atoms with van der Waals surface area (Å²) in [6, 6.07) is 12.3. The van der Waals surface area contributed by atoms with Gasteiger partial charge in [-0.3, -0.25) is 14.0 Å². The zero-order chi connectivity index (χ0) is 23.0. The molecule has 3 rings (SSSR count). The number of halogens is 1. The van der Waals surface area contributed by atoms with Crippen LogP contribution in [0.1, 0.15) is 5.56 Å². The monoisotopic (exact) mass is 465 g/mol. The van der Waals surface area contributed by atoms with E-state index in [4.69, 9.17) is 9.47 Å². The normalized spacial score (nSPS) is 14.7.